The first-order valence-corrected chi connectivity index (χ1v) is 5.54. The van der Waals surface area contributed by atoms with Gasteiger partial charge in [-0.3, -0.25) is 0 Å². The van der Waals surface area contributed by atoms with Crippen LogP contribution in [0, 0.1) is 0 Å². The van der Waals surface area contributed by atoms with Crippen molar-refractivity contribution in [2.45, 2.75) is 39.2 Å². The van der Waals surface area contributed by atoms with E-state index in [0.29, 0.717) is 0 Å². The Kier molecular flexibility index (Phi) is 2.56. The minimum Gasteiger partial charge on any atom is -0.488 e. The lowest BCUT2D eigenvalue weighted by atomic mass is 9.95. The summed E-state index contributed by atoms with van der Waals surface area (Å²) in [6.07, 6.45) is 4.42. The van der Waals surface area contributed by atoms with Crippen molar-refractivity contribution in [3.8, 4) is 0 Å². The molecule has 1 aromatic rings. The van der Waals surface area contributed by atoms with E-state index in [4.69, 9.17) is 4.74 Å². The Bertz CT molecular complexity index is 383. The molecular weight excluding hydrogens is 184 g/mol. The maximum Gasteiger partial charge on any atom is 0.123 e. The number of rotatable bonds is 1. The Morgan fingerprint density at radius 1 is 1.13 bits per heavy atom. The topological polar surface area (TPSA) is 9.23 Å². The molecule has 0 saturated carbocycles. The van der Waals surface area contributed by atoms with E-state index in [9.17, 15) is 0 Å². The van der Waals surface area contributed by atoms with Crippen molar-refractivity contribution in [2.24, 2.45) is 0 Å². The summed E-state index contributed by atoms with van der Waals surface area (Å²) >= 11 is 0. The fraction of sp³-hybridized carbons (Fsp3) is 0.429. The van der Waals surface area contributed by atoms with E-state index in [1.165, 1.54) is 11.1 Å². The van der Waals surface area contributed by atoms with Crippen LogP contribution in [0.1, 0.15) is 38.3 Å². The SMILES string of the molecule is CC(C)(C)OC1=CCCc2ccccc21. The molecule has 0 aliphatic heterocycles. The Balaban J connectivity index is 2.31. The number of hydrogen-bond donors (Lipinski definition) is 0. The summed E-state index contributed by atoms with van der Waals surface area (Å²) in [5, 5.41) is 0. The molecule has 0 heterocycles. The molecule has 0 N–H and O–H groups in total. The monoisotopic (exact) mass is 202 g/mol. The van der Waals surface area contributed by atoms with Gasteiger partial charge in [-0.1, -0.05) is 24.3 Å². The van der Waals surface area contributed by atoms with Gasteiger partial charge in [0, 0.05) is 5.56 Å². The summed E-state index contributed by atoms with van der Waals surface area (Å²) in [5.41, 5.74) is 2.55. The lowest BCUT2D eigenvalue weighted by molar-refractivity contribution is 0.0960. The Hall–Kier alpha value is -1.24. The second kappa shape index (κ2) is 3.73. The molecule has 0 fully saturated rings. The largest absolute Gasteiger partial charge is 0.488 e. The maximum absolute atomic E-state index is 5.97. The standard InChI is InChI=1S/C14H18O/c1-14(2,3)15-13-10-6-8-11-7-4-5-9-12(11)13/h4-5,7,9-10H,6,8H2,1-3H3. The van der Waals surface area contributed by atoms with E-state index >= 15 is 0 Å². The number of benzene rings is 1. The predicted molar refractivity (Wildman–Crippen MR) is 63.6 cm³/mol. The molecule has 1 aromatic carbocycles. The van der Waals surface area contributed by atoms with Gasteiger partial charge in [0.1, 0.15) is 11.4 Å². The molecule has 0 amide bonds. The first-order valence-electron chi connectivity index (χ1n) is 5.54. The van der Waals surface area contributed by atoms with Crippen LogP contribution in [0.3, 0.4) is 0 Å². The molecule has 1 aliphatic carbocycles. The Morgan fingerprint density at radius 3 is 2.60 bits per heavy atom. The predicted octanol–water partition coefficient (Wildman–Crippen LogP) is 3.79. The fourth-order valence-corrected chi connectivity index (χ4v) is 1.87. The van der Waals surface area contributed by atoms with Gasteiger partial charge in [-0.05, 0) is 45.3 Å². The number of hydrogen-bond acceptors (Lipinski definition) is 1. The van der Waals surface area contributed by atoms with Gasteiger partial charge in [0.15, 0.2) is 0 Å². The average Bonchev–Trinajstić information content (AvgIpc) is 2.16. The quantitative estimate of drug-likeness (QED) is 0.673. The van der Waals surface area contributed by atoms with Gasteiger partial charge >= 0.3 is 0 Å². The van der Waals surface area contributed by atoms with Crippen LogP contribution in [0.4, 0.5) is 0 Å². The van der Waals surface area contributed by atoms with Crippen molar-refractivity contribution in [3.05, 3.63) is 41.5 Å². The van der Waals surface area contributed by atoms with Crippen LogP contribution in [0.15, 0.2) is 30.3 Å². The molecule has 0 radical (unpaired) electrons. The van der Waals surface area contributed by atoms with Gasteiger partial charge in [-0.2, -0.15) is 0 Å². The molecule has 0 unspecified atom stereocenters. The lowest BCUT2D eigenvalue weighted by Gasteiger charge is -2.26. The van der Waals surface area contributed by atoms with Crippen molar-refractivity contribution in [3.63, 3.8) is 0 Å². The van der Waals surface area contributed by atoms with Gasteiger partial charge in [0.05, 0.1) is 0 Å². The minimum atomic E-state index is -0.115. The summed E-state index contributed by atoms with van der Waals surface area (Å²) < 4.78 is 5.97. The number of aryl methyl sites for hydroxylation is 1. The third-order valence-electron chi connectivity index (χ3n) is 2.44. The molecule has 15 heavy (non-hydrogen) atoms. The zero-order chi connectivity index (χ0) is 10.9. The highest BCUT2D eigenvalue weighted by Gasteiger charge is 2.18. The van der Waals surface area contributed by atoms with E-state index < -0.39 is 0 Å². The van der Waals surface area contributed by atoms with Gasteiger partial charge in [0.2, 0.25) is 0 Å². The van der Waals surface area contributed by atoms with Crippen LogP contribution in [0.2, 0.25) is 0 Å². The molecule has 80 valence electrons. The number of allylic oxidation sites excluding steroid dienone is 1. The lowest BCUT2D eigenvalue weighted by Crippen LogP contribution is -2.19. The van der Waals surface area contributed by atoms with E-state index in [1.54, 1.807) is 0 Å². The second-order valence-corrected chi connectivity index (χ2v) is 4.98. The van der Waals surface area contributed by atoms with Crippen molar-refractivity contribution >= 4 is 5.76 Å². The fourth-order valence-electron chi connectivity index (χ4n) is 1.87. The zero-order valence-corrected chi connectivity index (χ0v) is 9.71. The van der Waals surface area contributed by atoms with Crippen molar-refractivity contribution < 1.29 is 4.74 Å². The number of ether oxygens (including phenoxy) is 1. The molecule has 0 saturated heterocycles. The molecule has 1 aliphatic rings. The average molecular weight is 202 g/mol. The third-order valence-corrected chi connectivity index (χ3v) is 2.44. The minimum absolute atomic E-state index is 0.115. The van der Waals surface area contributed by atoms with E-state index in [0.717, 1.165) is 18.6 Å². The van der Waals surface area contributed by atoms with E-state index in [1.807, 2.05) is 0 Å². The highest BCUT2D eigenvalue weighted by Crippen LogP contribution is 2.30. The second-order valence-electron chi connectivity index (χ2n) is 4.98. The van der Waals surface area contributed by atoms with Crippen LogP contribution in [-0.2, 0) is 11.2 Å². The molecule has 1 nitrogen and oxygen atoms in total. The summed E-state index contributed by atoms with van der Waals surface area (Å²) in [7, 11) is 0. The Labute approximate surface area is 91.8 Å². The molecule has 0 spiro atoms. The van der Waals surface area contributed by atoms with Gasteiger partial charge < -0.3 is 4.74 Å². The van der Waals surface area contributed by atoms with Gasteiger partial charge in [-0.25, -0.2) is 0 Å². The van der Waals surface area contributed by atoms with Crippen LogP contribution < -0.4 is 0 Å². The highest BCUT2D eigenvalue weighted by atomic mass is 16.5. The molecule has 2 rings (SSSR count). The molecule has 0 aromatic heterocycles. The smallest absolute Gasteiger partial charge is 0.123 e. The molecule has 0 atom stereocenters. The molecule has 1 heteroatoms. The third kappa shape index (κ3) is 2.41. The summed E-state index contributed by atoms with van der Waals surface area (Å²) in [6.45, 7) is 6.27. The first kappa shape index (κ1) is 10.3. The summed E-state index contributed by atoms with van der Waals surface area (Å²) in [4.78, 5) is 0. The highest BCUT2D eigenvalue weighted by molar-refractivity contribution is 5.65. The van der Waals surface area contributed by atoms with E-state index in [2.05, 4.69) is 51.1 Å². The van der Waals surface area contributed by atoms with Crippen molar-refractivity contribution in [2.75, 3.05) is 0 Å². The molecule has 0 bridgehead atoms. The Morgan fingerprint density at radius 2 is 1.87 bits per heavy atom. The van der Waals surface area contributed by atoms with Crippen molar-refractivity contribution in [1.29, 1.82) is 0 Å². The van der Waals surface area contributed by atoms with E-state index in [-0.39, 0.29) is 5.60 Å². The number of fused-ring (bicyclic) bond motifs is 1. The van der Waals surface area contributed by atoms with Crippen LogP contribution >= 0.6 is 0 Å². The van der Waals surface area contributed by atoms with Gasteiger partial charge in [0.25, 0.3) is 0 Å². The molecular formula is C14H18O. The summed E-state index contributed by atoms with van der Waals surface area (Å²) in [5.74, 6) is 1.05. The summed E-state index contributed by atoms with van der Waals surface area (Å²) in [6, 6.07) is 8.50. The maximum atomic E-state index is 5.97. The van der Waals surface area contributed by atoms with Crippen LogP contribution in [0.5, 0.6) is 0 Å². The van der Waals surface area contributed by atoms with Gasteiger partial charge in [-0.15, -0.1) is 0 Å². The van der Waals surface area contributed by atoms with Crippen molar-refractivity contribution in [1.82, 2.24) is 0 Å². The first-order chi connectivity index (χ1) is 7.06. The van der Waals surface area contributed by atoms with Crippen LogP contribution in [0.25, 0.3) is 5.76 Å². The zero-order valence-electron chi connectivity index (χ0n) is 9.71. The normalized spacial score (nSPS) is 15.5. The van der Waals surface area contributed by atoms with Crippen LogP contribution in [-0.4, -0.2) is 5.60 Å².